The Morgan fingerprint density at radius 3 is 2.67 bits per heavy atom. The van der Waals surface area contributed by atoms with Gasteiger partial charge in [-0.25, -0.2) is 9.59 Å². The predicted molar refractivity (Wildman–Crippen MR) is 64.5 cm³/mol. The van der Waals surface area contributed by atoms with E-state index in [0.717, 1.165) is 23.8 Å². The molecule has 0 aromatic rings. The molecule has 0 bridgehead atoms. The number of carbonyl (C=O) groups is 3. The number of imide groups is 1. The van der Waals surface area contributed by atoms with Crippen molar-refractivity contribution in [3.8, 4) is 0 Å². The Hall–Kier alpha value is -1.85. The zero-order valence-corrected chi connectivity index (χ0v) is 10.9. The lowest BCUT2D eigenvalue weighted by atomic mass is 10.3. The van der Waals surface area contributed by atoms with Crippen LogP contribution in [0.25, 0.3) is 0 Å². The zero-order chi connectivity index (χ0) is 13.7. The normalized spacial score (nSPS) is 17.6. The largest absolute Gasteiger partial charge is 0.460 e. The van der Waals surface area contributed by atoms with Crippen LogP contribution in [0.2, 0.25) is 0 Å². The van der Waals surface area contributed by atoms with E-state index in [0.29, 0.717) is 6.54 Å². The molecule has 6 nitrogen and oxygen atoms in total. The molecule has 1 fully saturated rings. The predicted octanol–water partition coefficient (Wildman–Crippen LogP) is 1.17. The first-order valence-electron chi connectivity index (χ1n) is 6.00. The van der Waals surface area contributed by atoms with Gasteiger partial charge in [0.05, 0.1) is 12.2 Å². The second-order valence-electron chi connectivity index (χ2n) is 4.28. The number of carbonyl (C=O) groups excluding carboxylic acids is 3. The highest BCUT2D eigenvalue weighted by atomic mass is 16.5. The molecule has 1 saturated heterocycles. The van der Waals surface area contributed by atoms with Crippen molar-refractivity contribution in [2.75, 3.05) is 6.54 Å². The first-order chi connectivity index (χ1) is 8.45. The fourth-order valence-electron chi connectivity index (χ4n) is 1.48. The molecule has 1 heterocycles. The minimum atomic E-state index is -0.633. The van der Waals surface area contributed by atoms with Crippen LogP contribution in [0.1, 0.15) is 33.6 Å². The van der Waals surface area contributed by atoms with Crippen LogP contribution >= 0.6 is 0 Å². The van der Waals surface area contributed by atoms with Crippen molar-refractivity contribution < 1.29 is 19.1 Å². The monoisotopic (exact) mass is 254 g/mol. The summed E-state index contributed by atoms with van der Waals surface area (Å²) in [6.45, 7) is 5.74. The molecule has 0 aliphatic carbocycles. The Kier molecular flexibility index (Phi) is 4.88. The lowest BCUT2D eigenvalue weighted by Gasteiger charge is -2.09. The molecule has 18 heavy (non-hydrogen) atoms. The summed E-state index contributed by atoms with van der Waals surface area (Å²) < 4.78 is 4.87. The molecule has 6 heteroatoms. The Labute approximate surface area is 106 Å². The molecule has 0 aromatic carbocycles. The molecule has 0 spiro atoms. The van der Waals surface area contributed by atoms with E-state index < -0.39 is 17.9 Å². The van der Waals surface area contributed by atoms with Crippen LogP contribution in [-0.2, 0) is 14.3 Å². The fraction of sp³-hybridized carbons (Fsp3) is 0.583. The van der Waals surface area contributed by atoms with E-state index >= 15 is 0 Å². The average molecular weight is 254 g/mol. The van der Waals surface area contributed by atoms with Gasteiger partial charge >= 0.3 is 12.0 Å². The van der Waals surface area contributed by atoms with Crippen molar-refractivity contribution in [3.05, 3.63) is 11.8 Å². The molecule has 100 valence electrons. The van der Waals surface area contributed by atoms with Gasteiger partial charge in [0.1, 0.15) is 5.70 Å². The van der Waals surface area contributed by atoms with E-state index in [1.807, 2.05) is 6.92 Å². The number of rotatable bonds is 5. The highest BCUT2D eigenvalue weighted by molar-refractivity contribution is 6.13. The third kappa shape index (κ3) is 3.58. The van der Waals surface area contributed by atoms with Crippen LogP contribution in [-0.4, -0.2) is 35.5 Å². The average Bonchev–Trinajstić information content (AvgIpc) is 2.51. The molecule has 0 unspecified atom stereocenters. The third-order valence-corrected chi connectivity index (χ3v) is 2.31. The van der Waals surface area contributed by atoms with Crippen LogP contribution in [0.5, 0.6) is 0 Å². The molecular weight excluding hydrogens is 236 g/mol. The number of ether oxygens (including phenoxy) is 1. The Morgan fingerprint density at radius 1 is 1.44 bits per heavy atom. The second kappa shape index (κ2) is 6.18. The third-order valence-electron chi connectivity index (χ3n) is 2.31. The van der Waals surface area contributed by atoms with Gasteiger partial charge in [-0.3, -0.25) is 9.69 Å². The number of esters is 1. The van der Waals surface area contributed by atoms with Crippen molar-refractivity contribution in [2.45, 2.75) is 39.7 Å². The molecule has 1 rings (SSSR count). The van der Waals surface area contributed by atoms with Crippen molar-refractivity contribution in [1.29, 1.82) is 0 Å². The summed E-state index contributed by atoms with van der Waals surface area (Å²) in [4.78, 5) is 35.8. The molecule has 0 atom stereocenters. The van der Waals surface area contributed by atoms with Crippen LogP contribution in [0.4, 0.5) is 4.79 Å². The number of nitrogens with one attached hydrogen (secondary N) is 1. The van der Waals surface area contributed by atoms with Crippen LogP contribution in [0.15, 0.2) is 11.8 Å². The van der Waals surface area contributed by atoms with Gasteiger partial charge in [0.15, 0.2) is 0 Å². The zero-order valence-electron chi connectivity index (χ0n) is 10.9. The van der Waals surface area contributed by atoms with Crippen molar-refractivity contribution in [3.63, 3.8) is 0 Å². The van der Waals surface area contributed by atoms with E-state index in [1.54, 1.807) is 13.8 Å². The number of amides is 3. The minimum Gasteiger partial charge on any atom is -0.460 e. The van der Waals surface area contributed by atoms with E-state index in [2.05, 4.69) is 5.32 Å². The lowest BCUT2D eigenvalue weighted by molar-refractivity contribution is -0.141. The molecule has 3 amide bonds. The van der Waals surface area contributed by atoms with Gasteiger partial charge in [-0.15, -0.1) is 0 Å². The lowest BCUT2D eigenvalue weighted by Crippen LogP contribution is -2.31. The smallest absolute Gasteiger partial charge is 0.333 e. The van der Waals surface area contributed by atoms with E-state index in [1.165, 1.54) is 0 Å². The number of urea groups is 1. The van der Waals surface area contributed by atoms with Gasteiger partial charge in [-0.1, -0.05) is 13.3 Å². The number of unbranched alkanes of at least 4 members (excludes halogenated alkanes) is 1. The van der Waals surface area contributed by atoms with Crippen molar-refractivity contribution >= 4 is 17.9 Å². The van der Waals surface area contributed by atoms with Gasteiger partial charge in [0, 0.05) is 6.54 Å². The molecule has 0 radical (unpaired) electrons. The Balaban J connectivity index is 2.70. The first-order valence-corrected chi connectivity index (χ1v) is 6.00. The van der Waals surface area contributed by atoms with Crippen LogP contribution in [0.3, 0.4) is 0 Å². The van der Waals surface area contributed by atoms with E-state index in [9.17, 15) is 14.4 Å². The number of nitrogens with zero attached hydrogens (tertiary/aromatic N) is 1. The second-order valence-corrected chi connectivity index (χ2v) is 4.28. The maximum atomic E-state index is 11.8. The van der Waals surface area contributed by atoms with Gasteiger partial charge in [-0.2, -0.15) is 0 Å². The minimum absolute atomic E-state index is 0.0262. The summed E-state index contributed by atoms with van der Waals surface area (Å²) in [6.07, 6.45) is 2.37. The molecule has 1 N–H and O–H groups in total. The topological polar surface area (TPSA) is 75.7 Å². The molecule has 0 saturated carbocycles. The van der Waals surface area contributed by atoms with E-state index in [-0.39, 0.29) is 11.8 Å². The number of hydrogen-bond donors (Lipinski definition) is 1. The summed E-state index contributed by atoms with van der Waals surface area (Å²) in [5.74, 6) is -1.11. The maximum Gasteiger partial charge on any atom is 0.333 e. The highest BCUT2D eigenvalue weighted by Crippen LogP contribution is 2.11. The van der Waals surface area contributed by atoms with E-state index in [4.69, 9.17) is 4.74 Å². The summed E-state index contributed by atoms with van der Waals surface area (Å²) in [6, 6.07) is -0.489. The SMILES string of the molecule is CCCCN1C(=O)NC(=CC(=O)OC(C)C)C1=O. The Bertz CT molecular complexity index is 388. The maximum absolute atomic E-state index is 11.8. The summed E-state index contributed by atoms with van der Waals surface area (Å²) in [5.41, 5.74) is -0.0262. The summed E-state index contributed by atoms with van der Waals surface area (Å²) in [5, 5.41) is 2.36. The van der Waals surface area contributed by atoms with Gasteiger partial charge < -0.3 is 10.1 Å². The summed E-state index contributed by atoms with van der Waals surface area (Å²) >= 11 is 0. The molecular formula is C12H18N2O4. The van der Waals surface area contributed by atoms with Gasteiger partial charge in [0.25, 0.3) is 5.91 Å². The molecule has 0 aromatic heterocycles. The Morgan fingerprint density at radius 2 is 2.11 bits per heavy atom. The fourth-order valence-corrected chi connectivity index (χ4v) is 1.48. The van der Waals surface area contributed by atoms with Crippen LogP contribution in [0, 0.1) is 0 Å². The standard InChI is InChI=1S/C12H18N2O4/c1-4-5-6-14-11(16)9(13-12(14)17)7-10(15)18-8(2)3/h7-8H,4-6H2,1-3H3,(H,13,17). The number of hydrogen-bond acceptors (Lipinski definition) is 4. The van der Waals surface area contributed by atoms with Gasteiger partial charge in [0.2, 0.25) is 0 Å². The summed E-state index contributed by atoms with van der Waals surface area (Å²) in [7, 11) is 0. The highest BCUT2D eigenvalue weighted by Gasteiger charge is 2.33. The molecule has 1 aliphatic heterocycles. The first kappa shape index (κ1) is 14.2. The van der Waals surface area contributed by atoms with Crippen molar-refractivity contribution in [2.24, 2.45) is 0 Å². The van der Waals surface area contributed by atoms with Gasteiger partial charge in [-0.05, 0) is 20.3 Å². The van der Waals surface area contributed by atoms with Crippen LogP contribution < -0.4 is 5.32 Å². The van der Waals surface area contributed by atoms with Crippen molar-refractivity contribution in [1.82, 2.24) is 10.2 Å². The quantitative estimate of drug-likeness (QED) is 0.454. The molecule has 1 aliphatic rings.